The molecule has 0 spiro atoms. The van der Waals surface area contributed by atoms with Gasteiger partial charge in [0.05, 0.1) is 18.7 Å². The number of nitrogens with zero attached hydrogens (tertiary/aromatic N) is 1. The van der Waals surface area contributed by atoms with Crippen LogP contribution in [0.5, 0.6) is 0 Å². The summed E-state index contributed by atoms with van der Waals surface area (Å²) in [6.07, 6.45) is -1.01. The van der Waals surface area contributed by atoms with E-state index in [4.69, 9.17) is 4.74 Å². The maximum atomic E-state index is 12.2. The van der Waals surface area contributed by atoms with Crippen LogP contribution in [0.15, 0.2) is 24.3 Å². The van der Waals surface area contributed by atoms with Gasteiger partial charge < -0.3 is 9.84 Å². The van der Waals surface area contributed by atoms with E-state index in [-0.39, 0.29) is 12.1 Å². The molecule has 2 atom stereocenters. The van der Waals surface area contributed by atoms with E-state index in [1.165, 1.54) is 0 Å². The summed E-state index contributed by atoms with van der Waals surface area (Å²) in [5, 5.41) is 9.97. The molecule has 104 valence electrons. The van der Waals surface area contributed by atoms with Crippen molar-refractivity contribution >= 4 is 6.09 Å². The number of carbonyl (C=O) groups is 1. The van der Waals surface area contributed by atoms with E-state index in [2.05, 4.69) is 0 Å². The second-order valence-corrected chi connectivity index (χ2v) is 5.99. The predicted molar refractivity (Wildman–Crippen MR) is 72.6 cm³/mol. The first kappa shape index (κ1) is 13.9. The van der Waals surface area contributed by atoms with E-state index >= 15 is 0 Å². The summed E-state index contributed by atoms with van der Waals surface area (Å²) < 4.78 is 5.41. The third-order valence-corrected chi connectivity index (χ3v) is 3.14. The molecule has 1 N–H and O–H groups in total. The molecule has 0 bridgehead atoms. The summed E-state index contributed by atoms with van der Waals surface area (Å²) in [5.41, 5.74) is 1.54. The highest BCUT2D eigenvalue weighted by molar-refractivity contribution is 5.70. The van der Waals surface area contributed by atoms with Gasteiger partial charge in [-0.2, -0.15) is 0 Å². The molecular weight excluding hydrogens is 242 g/mol. The maximum Gasteiger partial charge on any atom is 0.411 e. The molecule has 2 unspecified atom stereocenters. The summed E-state index contributed by atoms with van der Waals surface area (Å²) >= 11 is 0. The molecule has 19 heavy (non-hydrogen) atoms. The van der Waals surface area contributed by atoms with Crippen molar-refractivity contribution in [2.75, 3.05) is 0 Å². The average molecular weight is 263 g/mol. The fraction of sp³-hybridized carbons (Fsp3) is 0.533. The van der Waals surface area contributed by atoms with Crippen LogP contribution in [0.3, 0.4) is 0 Å². The molecule has 0 aromatic heterocycles. The van der Waals surface area contributed by atoms with Crippen LogP contribution in [0.4, 0.5) is 4.79 Å². The quantitative estimate of drug-likeness (QED) is 0.847. The lowest BCUT2D eigenvalue weighted by molar-refractivity contribution is -0.000242. The minimum atomic E-state index is -0.629. The number of hydrogen-bond acceptors (Lipinski definition) is 3. The van der Waals surface area contributed by atoms with Crippen molar-refractivity contribution in [1.82, 2.24) is 4.90 Å². The first-order chi connectivity index (χ1) is 8.79. The topological polar surface area (TPSA) is 49.8 Å². The number of fused-ring (bicyclic) bond motifs is 1. The lowest BCUT2D eigenvalue weighted by Gasteiger charge is -2.30. The predicted octanol–water partition coefficient (Wildman–Crippen LogP) is 2.86. The maximum absolute atomic E-state index is 12.2. The summed E-state index contributed by atoms with van der Waals surface area (Å²) in [7, 11) is 0. The third kappa shape index (κ3) is 2.89. The molecule has 1 heterocycles. The molecule has 1 aliphatic rings. The second kappa shape index (κ2) is 4.85. The number of amides is 1. The van der Waals surface area contributed by atoms with Gasteiger partial charge >= 0.3 is 6.09 Å². The number of rotatable bonds is 1. The molecule has 1 aromatic rings. The molecule has 4 heteroatoms. The van der Waals surface area contributed by atoms with Crippen LogP contribution in [0.1, 0.15) is 44.9 Å². The van der Waals surface area contributed by atoms with Gasteiger partial charge in [-0.15, -0.1) is 0 Å². The lowest BCUT2D eigenvalue weighted by atomic mass is 10.0. The van der Waals surface area contributed by atoms with Gasteiger partial charge in [-0.05, 0) is 38.8 Å². The Hall–Kier alpha value is -1.55. The SMILES string of the molecule is CC(O)C1c2ccccc2CN1C(=O)OC(C)(C)C. The van der Waals surface area contributed by atoms with Gasteiger partial charge in [0.15, 0.2) is 0 Å². The van der Waals surface area contributed by atoms with Gasteiger partial charge in [-0.25, -0.2) is 4.79 Å². The Bertz CT molecular complexity index is 477. The average Bonchev–Trinajstić information content (AvgIpc) is 2.65. The molecule has 2 rings (SSSR count). The molecule has 1 aliphatic heterocycles. The van der Waals surface area contributed by atoms with Crippen molar-refractivity contribution in [1.29, 1.82) is 0 Å². The van der Waals surface area contributed by atoms with E-state index in [1.807, 2.05) is 45.0 Å². The normalized spacial score (nSPS) is 20.1. The Kier molecular flexibility index (Phi) is 3.54. The highest BCUT2D eigenvalue weighted by Crippen LogP contribution is 2.36. The van der Waals surface area contributed by atoms with Gasteiger partial charge in [-0.3, -0.25) is 4.90 Å². The Morgan fingerprint density at radius 2 is 2.05 bits per heavy atom. The Labute approximate surface area is 114 Å². The number of benzene rings is 1. The van der Waals surface area contributed by atoms with Gasteiger partial charge in [0.2, 0.25) is 0 Å². The van der Waals surface area contributed by atoms with E-state index in [9.17, 15) is 9.90 Å². The van der Waals surface area contributed by atoms with Gasteiger partial charge in [0, 0.05) is 0 Å². The largest absolute Gasteiger partial charge is 0.444 e. The van der Waals surface area contributed by atoms with E-state index < -0.39 is 11.7 Å². The fourth-order valence-electron chi connectivity index (χ4n) is 2.44. The van der Waals surface area contributed by atoms with Crippen molar-refractivity contribution in [2.24, 2.45) is 0 Å². The van der Waals surface area contributed by atoms with E-state index in [0.29, 0.717) is 6.54 Å². The lowest BCUT2D eigenvalue weighted by Crippen LogP contribution is -2.39. The van der Waals surface area contributed by atoms with Gasteiger partial charge in [0.1, 0.15) is 5.60 Å². The standard InChI is InChI=1S/C15H21NO3/c1-10(17)13-12-8-6-5-7-11(12)9-16(13)14(18)19-15(2,3)4/h5-8,10,13,17H,9H2,1-4H3. The van der Waals surface area contributed by atoms with Crippen LogP contribution in [0.25, 0.3) is 0 Å². The number of aliphatic hydroxyl groups is 1. The molecule has 0 aliphatic carbocycles. The summed E-state index contributed by atoms with van der Waals surface area (Å²) in [4.78, 5) is 13.8. The second-order valence-electron chi connectivity index (χ2n) is 5.99. The van der Waals surface area contributed by atoms with Crippen molar-refractivity contribution in [3.05, 3.63) is 35.4 Å². The minimum Gasteiger partial charge on any atom is -0.444 e. The highest BCUT2D eigenvalue weighted by Gasteiger charge is 2.38. The van der Waals surface area contributed by atoms with Crippen LogP contribution in [-0.2, 0) is 11.3 Å². The van der Waals surface area contributed by atoms with Crippen LogP contribution in [-0.4, -0.2) is 27.8 Å². The molecule has 1 amide bonds. The van der Waals surface area contributed by atoms with Crippen molar-refractivity contribution in [3.8, 4) is 0 Å². The van der Waals surface area contributed by atoms with Crippen LogP contribution in [0.2, 0.25) is 0 Å². The van der Waals surface area contributed by atoms with Crippen LogP contribution < -0.4 is 0 Å². The van der Waals surface area contributed by atoms with Crippen molar-refractivity contribution in [2.45, 2.75) is 52.0 Å². The number of carbonyl (C=O) groups excluding carboxylic acids is 1. The van der Waals surface area contributed by atoms with Crippen molar-refractivity contribution in [3.63, 3.8) is 0 Å². The molecule has 0 radical (unpaired) electrons. The van der Waals surface area contributed by atoms with Crippen molar-refractivity contribution < 1.29 is 14.6 Å². The van der Waals surface area contributed by atoms with E-state index in [0.717, 1.165) is 11.1 Å². The molecular formula is C15H21NO3. The Balaban J connectivity index is 2.26. The molecule has 0 saturated heterocycles. The Morgan fingerprint density at radius 3 is 2.63 bits per heavy atom. The van der Waals surface area contributed by atoms with Crippen LogP contribution in [0, 0.1) is 0 Å². The van der Waals surface area contributed by atoms with E-state index in [1.54, 1.807) is 11.8 Å². The first-order valence-corrected chi connectivity index (χ1v) is 6.55. The number of aliphatic hydroxyl groups excluding tert-OH is 1. The van der Waals surface area contributed by atoms with Crippen LogP contribution >= 0.6 is 0 Å². The summed E-state index contributed by atoms with van der Waals surface area (Å²) in [6.45, 7) is 7.70. The molecule has 4 nitrogen and oxygen atoms in total. The smallest absolute Gasteiger partial charge is 0.411 e. The highest BCUT2D eigenvalue weighted by atomic mass is 16.6. The number of ether oxygens (including phenoxy) is 1. The zero-order valence-corrected chi connectivity index (χ0v) is 11.9. The summed E-state index contributed by atoms with van der Waals surface area (Å²) in [6, 6.07) is 7.47. The number of hydrogen-bond donors (Lipinski definition) is 1. The van der Waals surface area contributed by atoms with Gasteiger partial charge in [0.25, 0.3) is 0 Å². The summed E-state index contributed by atoms with van der Waals surface area (Å²) in [5.74, 6) is 0. The zero-order valence-electron chi connectivity index (χ0n) is 11.9. The fourth-order valence-corrected chi connectivity index (χ4v) is 2.44. The van der Waals surface area contributed by atoms with Gasteiger partial charge in [-0.1, -0.05) is 24.3 Å². The molecule has 1 aromatic carbocycles. The molecule has 0 saturated carbocycles. The monoisotopic (exact) mass is 263 g/mol. The zero-order chi connectivity index (χ0) is 14.2. The third-order valence-electron chi connectivity index (χ3n) is 3.14. The molecule has 0 fully saturated rings. The first-order valence-electron chi connectivity index (χ1n) is 6.55. The minimum absolute atomic E-state index is 0.328. The Morgan fingerprint density at radius 1 is 1.42 bits per heavy atom.